The van der Waals surface area contributed by atoms with Crippen molar-refractivity contribution in [2.24, 2.45) is 5.92 Å². The Morgan fingerprint density at radius 2 is 2.00 bits per heavy atom. The molecule has 0 aromatic heterocycles. The largest absolute Gasteiger partial charge is 0.309 e. The van der Waals surface area contributed by atoms with Gasteiger partial charge in [0.05, 0.1) is 0 Å². The molecule has 1 aliphatic heterocycles. The van der Waals surface area contributed by atoms with Crippen molar-refractivity contribution in [1.29, 1.82) is 0 Å². The highest BCUT2D eigenvalue weighted by atomic mass is 19.1. The third kappa shape index (κ3) is 3.30. The van der Waals surface area contributed by atoms with Gasteiger partial charge in [0.1, 0.15) is 5.82 Å². The third-order valence-electron chi connectivity index (χ3n) is 3.84. The van der Waals surface area contributed by atoms with Gasteiger partial charge in [-0.3, -0.25) is 4.90 Å². The van der Waals surface area contributed by atoms with E-state index in [-0.39, 0.29) is 5.82 Å². The van der Waals surface area contributed by atoms with Crippen molar-refractivity contribution in [1.82, 2.24) is 9.80 Å². The molecular formula is C15H23FN2. The molecule has 2 unspecified atom stereocenters. The molecule has 0 spiro atoms. The predicted octanol–water partition coefficient (Wildman–Crippen LogP) is 2.77. The molecule has 0 bridgehead atoms. The standard InChI is InChI=1S/C15H23FN2/c1-12(14-4-6-15(16)7-5-14)18-9-8-13(11-18)10-17(2)3/h4-7,12-13H,8-11H2,1-3H3. The third-order valence-corrected chi connectivity index (χ3v) is 3.84. The Morgan fingerprint density at radius 1 is 1.33 bits per heavy atom. The van der Waals surface area contributed by atoms with Crippen molar-refractivity contribution in [2.45, 2.75) is 19.4 Å². The monoisotopic (exact) mass is 250 g/mol. The molecular weight excluding hydrogens is 227 g/mol. The van der Waals surface area contributed by atoms with Crippen molar-refractivity contribution in [3.63, 3.8) is 0 Å². The van der Waals surface area contributed by atoms with Crippen LogP contribution in [0.3, 0.4) is 0 Å². The molecule has 1 aromatic rings. The van der Waals surface area contributed by atoms with E-state index < -0.39 is 0 Å². The first-order valence-corrected chi connectivity index (χ1v) is 6.70. The van der Waals surface area contributed by atoms with Gasteiger partial charge in [-0.25, -0.2) is 4.39 Å². The van der Waals surface area contributed by atoms with Crippen LogP contribution in [-0.4, -0.2) is 43.5 Å². The maximum absolute atomic E-state index is 12.9. The van der Waals surface area contributed by atoms with Gasteiger partial charge in [-0.15, -0.1) is 0 Å². The summed E-state index contributed by atoms with van der Waals surface area (Å²) in [5.41, 5.74) is 1.21. The molecule has 0 amide bonds. The van der Waals surface area contributed by atoms with Crippen LogP contribution < -0.4 is 0 Å². The van der Waals surface area contributed by atoms with Crippen LogP contribution in [0.2, 0.25) is 0 Å². The highest BCUT2D eigenvalue weighted by Crippen LogP contribution is 2.27. The smallest absolute Gasteiger partial charge is 0.123 e. The van der Waals surface area contributed by atoms with E-state index in [4.69, 9.17) is 0 Å². The minimum Gasteiger partial charge on any atom is -0.309 e. The van der Waals surface area contributed by atoms with E-state index >= 15 is 0 Å². The molecule has 1 aliphatic rings. The molecule has 2 nitrogen and oxygen atoms in total. The van der Waals surface area contributed by atoms with Crippen LogP contribution in [0.25, 0.3) is 0 Å². The maximum atomic E-state index is 12.9. The zero-order valence-corrected chi connectivity index (χ0v) is 11.6. The van der Waals surface area contributed by atoms with Crippen molar-refractivity contribution < 1.29 is 4.39 Å². The fraction of sp³-hybridized carbons (Fsp3) is 0.600. The Kier molecular flexibility index (Phi) is 4.36. The van der Waals surface area contributed by atoms with E-state index in [9.17, 15) is 4.39 Å². The molecule has 0 radical (unpaired) electrons. The van der Waals surface area contributed by atoms with Crippen molar-refractivity contribution in [2.75, 3.05) is 33.7 Å². The molecule has 2 rings (SSSR count). The summed E-state index contributed by atoms with van der Waals surface area (Å²) < 4.78 is 12.9. The van der Waals surface area contributed by atoms with E-state index in [1.54, 1.807) is 12.1 Å². The van der Waals surface area contributed by atoms with E-state index in [0.29, 0.717) is 6.04 Å². The van der Waals surface area contributed by atoms with Gasteiger partial charge < -0.3 is 4.90 Å². The summed E-state index contributed by atoms with van der Waals surface area (Å²) in [6.45, 7) is 5.67. The Balaban J connectivity index is 1.94. The molecule has 1 aromatic carbocycles. The summed E-state index contributed by atoms with van der Waals surface area (Å²) in [5.74, 6) is 0.612. The van der Waals surface area contributed by atoms with Crippen LogP contribution in [0.15, 0.2) is 24.3 Å². The molecule has 0 aliphatic carbocycles. The van der Waals surface area contributed by atoms with Crippen LogP contribution in [0.1, 0.15) is 24.9 Å². The van der Waals surface area contributed by atoms with Gasteiger partial charge in [0.2, 0.25) is 0 Å². The molecule has 3 heteroatoms. The van der Waals surface area contributed by atoms with Crippen LogP contribution in [-0.2, 0) is 0 Å². The fourth-order valence-corrected chi connectivity index (χ4v) is 2.83. The van der Waals surface area contributed by atoms with Gasteiger partial charge in [0, 0.05) is 19.1 Å². The first-order valence-electron chi connectivity index (χ1n) is 6.70. The molecule has 1 heterocycles. The molecule has 0 N–H and O–H groups in total. The van der Waals surface area contributed by atoms with Gasteiger partial charge in [0.25, 0.3) is 0 Å². The first-order chi connectivity index (χ1) is 8.56. The van der Waals surface area contributed by atoms with E-state index in [1.165, 1.54) is 12.0 Å². The summed E-state index contributed by atoms with van der Waals surface area (Å²) in [5, 5.41) is 0. The molecule has 100 valence electrons. The number of nitrogens with zero attached hydrogens (tertiary/aromatic N) is 2. The highest BCUT2D eigenvalue weighted by Gasteiger charge is 2.26. The minimum atomic E-state index is -0.155. The SMILES string of the molecule is CC(c1ccc(F)cc1)N1CCC(CN(C)C)C1. The Hall–Kier alpha value is -0.930. The summed E-state index contributed by atoms with van der Waals surface area (Å²) in [6, 6.07) is 7.30. The average Bonchev–Trinajstić information content (AvgIpc) is 2.76. The average molecular weight is 250 g/mol. The second-order valence-corrected chi connectivity index (χ2v) is 5.64. The van der Waals surface area contributed by atoms with Crippen molar-refractivity contribution >= 4 is 0 Å². The van der Waals surface area contributed by atoms with Crippen LogP contribution in [0.5, 0.6) is 0 Å². The second kappa shape index (κ2) is 5.81. The second-order valence-electron chi connectivity index (χ2n) is 5.64. The fourth-order valence-electron chi connectivity index (χ4n) is 2.83. The van der Waals surface area contributed by atoms with Crippen molar-refractivity contribution in [3.05, 3.63) is 35.6 Å². The van der Waals surface area contributed by atoms with Gasteiger partial charge in [-0.05, 0) is 57.6 Å². The van der Waals surface area contributed by atoms with Gasteiger partial charge in [-0.1, -0.05) is 12.1 Å². The normalized spacial score (nSPS) is 22.6. The van der Waals surface area contributed by atoms with E-state index in [1.807, 2.05) is 12.1 Å². The Labute approximate surface area is 109 Å². The number of hydrogen-bond donors (Lipinski definition) is 0. The van der Waals surface area contributed by atoms with E-state index in [2.05, 4.69) is 30.8 Å². The number of hydrogen-bond acceptors (Lipinski definition) is 2. The number of halogens is 1. The summed E-state index contributed by atoms with van der Waals surface area (Å²) in [6.07, 6.45) is 1.27. The highest BCUT2D eigenvalue weighted by molar-refractivity contribution is 5.19. The van der Waals surface area contributed by atoms with Crippen molar-refractivity contribution in [3.8, 4) is 0 Å². The van der Waals surface area contributed by atoms with Gasteiger partial charge >= 0.3 is 0 Å². The lowest BCUT2D eigenvalue weighted by Gasteiger charge is -2.25. The van der Waals surface area contributed by atoms with Crippen LogP contribution >= 0.6 is 0 Å². The maximum Gasteiger partial charge on any atom is 0.123 e. The molecule has 0 saturated carbocycles. The minimum absolute atomic E-state index is 0.155. The lowest BCUT2D eigenvalue weighted by molar-refractivity contribution is 0.240. The lowest BCUT2D eigenvalue weighted by atomic mass is 10.1. The molecule has 18 heavy (non-hydrogen) atoms. The molecule has 2 atom stereocenters. The molecule has 1 fully saturated rings. The summed E-state index contributed by atoms with van der Waals surface area (Å²) in [7, 11) is 4.26. The zero-order chi connectivity index (χ0) is 13.1. The Morgan fingerprint density at radius 3 is 2.61 bits per heavy atom. The quantitative estimate of drug-likeness (QED) is 0.811. The topological polar surface area (TPSA) is 6.48 Å². The summed E-state index contributed by atoms with van der Waals surface area (Å²) >= 11 is 0. The number of benzene rings is 1. The lowest BCUT2D eigenvalue weighted by Crippen LogP contribution is -2.27. The molecule has 1 saturated heterocycles. The summed E-state index contributed by atoms with van der Waals surface area (Å²) in [4.78, 5) is 4.76. The van der Waals surface area contributed by atoms with Crippen LogP contribution in [0, 0.1) is 11.7 Å². The predicted molar refractivity (Wildman–Crippen MR) is 73.0 cm³/mol. The van der Waals surface area contributed by atoms with Gasteiger partial charge in [0.15, 0.2) is 0 Å². The first kappa shape index (κ1) is 13.5. The van der Waals surface area contributed by atoms with Gasteiger partial charge in [-0.2, -0.15) is 0 Å². The number of rotatable bonds is 4. The number of likely N-dealkylation sites (tertiary alicyclic amines) is 1. The van der Waals surface area contributed by atoms with Crippen LogP contribution in [0.4, 0.5) is 4.39 Å². The zero-order valence-electron chi connectivity index (χ0n) is 11.6. The Bertz CT molecular complexity index is 375. The van der Waals surface area contributed by atoms with E-state index in [0.717, 1.165) is 25.6 Å².